The maximum Gasteiger partial charge on any atom is 0.330 e. The molecule has 1 aromatic rings. The van der Waals surface area contributed by atoms with Gasteiger partial charge in [0, 0.05) is 26.8 Å². The van der Waals surface area contributed by atoms with Crippen molar-refractivity contribution in [3.05, 3.63) is 32.6 Å². The van der Waals surface area contributed by atoms with Gasteiger partial charge in [0.05, 0.1) is 11.1 Å². The highest BCUT2D eigenvalue weighted by Gasteiger charge is 2.53. The number of rotatable bonds is 3. The fraction of sp³-hybridized carbons (Fsp3) is 0.706. The van der Waals surface area contributed by atoms with Crippen LogP contribution in [-0.4, -0.2) is 32.0 Å². The van der Waals surface area contributed by atoms with Gasteiger partial charge >= 0.3 is 5.69 Å². The van der Waals surface area contributed by atoms with Gasteiger partial charge in [0.25, 0.3) is 5.56 Å². The molecule has 0 unspecified atom stereocenters. The first-order chi connectivity index (χ1) is 11.3. The lowest BCUT2D eigenvalue weighted by Crippen LogP contribution is -2.45. The van der Waals surface area contributed by atoms with Crippen LogP contribution in [0, 0.1) is 5.92 Å². The SMILES string of the molecule is CC(C)CN1C(=O)C2(CCCC2)N[C@@H]1c1cn(C)c(=O)n(C)c1=O. The summed E-state index contributed by atoms with van der Waals surface area (Å²) >= 11 is 0. The van der Waals surface area contributed by atoms with Gasteiger partial charge in [-0.15, -0.1) is 0 Å². The molecule has 132 valence electrons. The number of hydrogen-bond acceptors (Lipinski definition) is 4. The van der Waals surface area contributed by atoms with E-state index in [4.69, 9.17) is 0 Å². The van der Waals surface area contributed by atoms with Crippen molar-refractivity contribution in [2.75, 3.05) is 6.54 Å². The number of amides is 1. The normalized spacial score (nSPS) is 23.0. The third-order valence-corrected chi connectivity index (χ3v) is 5.18. The van der Waals surface area contributed by atoms with Crippen LogP contribution >= 0.6 is 0 Å². The van der Waals surface area contributed by atoms with Gasteiger partial charge in [-0.1, -0.05) is 26.7 Å². The summed E-state index contributed by atoms with van der Waals surface area (Å²) in [6.07, 6.45) is 4.75. The van der Waals surface area contributed by atoms with Crippen molar-refractivity contribution in [3.63, 3.8) is 0 Å². The second-order valence-corrected chi connectivity index (χ2v) is 7.53. The van der Waals surface area contributed by atoms with Crippen molar-refractivity contribution in [1.82, 2.24) is 19.4 Å². The lowest BCUT2D eigenvalue weighted by Gasteiger charge is -2.26. The molecule has 7 nitrogen and oxygen atoms in total. The molecule has 1 aromatic heterocycles. The van der Waals surface area contributed by atoms with Crippen LogP contribution in [0.5, 0.6) is 0 Å². The van der Waals surface area contributed by atoms with E-state index in [1.165, 1.54) is 11.6 Å². The van der Waals surface area contributed by atoms with Gasteiger partial charge in [-0.25, -0.2) is 4.79 Å². The van der Waals surface area contributed by atoms with Crippen LogP contribution in [0.15, 0.2) is 15.8 Å². The van der Waals surface area contributed by atoms with Gasteiger partial charge in [0.15, 0.2) is 0 Å². The second-order valence-electron chi connectivity index (χ2n) is 7.53. The van der Waals surface area contributed by atoms with Crippen molar-refractivity contribution < 1.29 is 4.79 Å². The van der Waals surface area contributed by atoms with Gasteiger partial charge in [-0.2, -0.15) is 0 Å². The number of hydrogen-bond donors (Lipinski definition) is 1. The summed E-state index contributed by atoms with van der Waals surface area (Å²) in [7, 11) is 3.10. The largest absolute Gasteiger partial charge is 0.330 e. The number of aromatic nitrogens is 2. The van der Waals surface area contributed by atoms with E-state index in [-0.39, 0.29) is 17.2 Å². The third kappa shape index (κ3) is 2.51. The van der Waals surface area contributed by atoms with E-state index < -0.39 is 11.7 Å². The second kappa shape index (κ2) is 5.88. The number of aryl methyl sites for hydroxylation is 1. The van der Waals surface area contributed by atoms with Crippen LogP contribution in [0.2, 0.25) is 0 Å². The molecular formula is C17H26N4O3. The third-order valence-electron chi connectivity index (χ3n) is 5.18. The maximum atomic E-state index is 13.1. The first-order valence-electron chi connectivity index (χ1n) is 8.62. The Labute approximate surface area is 141 Å². The quantitative estimate of drug-likeness (QED) is 0.872. The summed E-state index contributed by atoms with van der Waals surface area (Å²) in [5, 5.41) is 3.45. The Morgan fingerprint density at radius 2 is 1.83 bits per heavy atom. The van der Waals surface area contributed by atoms with Crippen LogP contribution in [0.4, 0.5) is 0 Å². The molecular weight excluding hydrogens is 308 g/mol. The lowest BCUT2D eigenvalue weighted by atomic mass is 9.98. The highest BCUT2D eigenvalue weighted by molar-refractivity contribution is 5.89. The molecule has 3 rings (SSSR count). The molecule has 0 bridgehead atoms. The Balaban J connectivity index is 2.09. The molecule has 1 amide bonds. The molecule has 0 radical (unpaired) electrons. The van der Waals surface area contributed by atoms with Crippen molar-refractivity contribution >= 4 is 5.91 Å². The molecule has 1 spiro atoms. The number of nitrogens with zero attached hydrogens (tertiary/aromatic N) is 3. The fourth-order valence-electron chi connectivity index (χ4n) is 3.98. The molecule has 24 heavy (non-hydrogen) atoms. The molecule has 1 N–H and O–H groups in total. The Morgan fingerprint density at radius 3 is 2.42 bits per heavy atom. The zero-order valence-corrected chi connectivity index (χ0v) is 14.8. The minimum absolute atomic E-state index is 0.0922. The number of nitrogens with one attached hydrogen (secondary N) is 1. The van der Waals surface area contributed by atoms with Gasteiger partial charge in [-0.05, 0) is 18.8 Å². The Kier molecular flexibility index (Phi) is 4.15. The van der Waals surface area contributed by atoms with Gasteiger partial charge in [0.2, 0.25) is 5.91 Å². The molecule has 2 heterocycles. The monoisotopic (exact) mass is 334 g/mol. The molecule has 1 aliphatic carbocycles. The lowest BCUT2D eigenvalue weighted by molar-refractivity contribution is -0.133. The predicted octanol–water partition coefficient (Wildman–Crippen LogP) is 0.483. The first-order valence-corrected chi connectivity index (χ1v) is 8.62. The van der Waals surface area contributed by atoms with Crippen molar-refractivity contribution in [3.8, 4) is 0 Å². The minimum atomic E-state index is -0.542. The highest BCUT2D eigenvalue weighted by atomic mass is 16.2. The molecule has 1 aliphatic heterocycles. The Hall–Kier alpha value is -1.89. The van der Waals surface area contributed by atoms with Gasteiger partial charge in [-0.3, -0.25) is 19.5 Å². The van der Waals surface area contributed by atoms with Crippen LogP contribution in [0.3, 0.4) is 0 Å². The minimum Gasteiger partial charge on any atom is -0.321 e. The van der Waals surface area contributed by atoms with Crippen LogP contribution in [0.25, 0.3) is 0 Å². The molecule has 1 saturated heterocycles. The smallest absolute Gasteiger partial charge is 0.321 e. The number of carbonyl (C=O) groups is 1. The summed E-state index contributed by atoms with van der Waals surface area (Å²) in [6.45, 7) is 4.70. The molecule has 1 atom stereocenters. The molecule has 0 aromatic carbocycles. The van der Waals surface area contributed by atoms with Crippen LogP contribution in [0.1, 0.15) is 51.3 Å². The van der Waals surface area contributed by atoms with E-state index in [9.17, 15) is 14.4 Å². The average Bonchev–Trinajstić information content (AvgIpc) is 3.10. The van der Waals surface area contributed by atoms with Gasteiger partial charge in [0.1, 0.15) is 6.17 Å². The van der Waals surface area contributed by atoms with Crippen molar-refractivity contribution in [2.24, 2.45) is 20.0 Å². The van der Waals surface area contributed by atoms with Crippen LogP contribution < -0.4 is 16.6 Å². The van der Waals surface area contributed by atoms with E-state index >= 15 is 0 Å². The Bertz CT molecular complexity index is 771. The van der Waals surface area contributed by atoms with E-state index in [1.807, 2.05) is 0 Å². The Morgan fingerprint density at radius 1 is 1.21 bits per heavy atom. The van der Waals surface area contributed by atoms with E-state index in [1.54, 1.807) is 18.1 Å². The predicted molar refractivity (Wildman–Crippen MR) is 90.6 cm³/mol. The average molecular weight is 334 g/mol. The zero-order chi connectivity index (χ0) is 17.6. The molecule has 7 heteroatoms. The molecule has 2 fully saturated rings. The summed E-state index contributed by atoms with van der Waals surface area (Å²) < 4.78 is 2.50. The van der Waals surface area contributed by atoms with E-state index in [0.29, 0.717) is 18.0 Å². The van der Waals surface area contributed by atoms with E-state index in [2.05, 4.69) is 19.2 Å². The molecule has 2 aliphatic rings. The summed E-state index contributed by atoms with van der Waals surface area (Å²) in [4.78, 5) is 39.5. The molecule has 1 saturated carbocycles. The van der Waals surface area contributed by atoms with Gasteiger partial charge < -0.3 is 9.47 Å². The van der Waals surface area contributed by atoms with Crippen molar-refractivity contribution in [2.45, 2.75) is 51.2 Å². The first kappa shape index (κ1) is 17.0. The van der Waals surface area contributed by atoms with Crippen molar-refractivity contribution in [1.29, 1.82) is 0 Å². The number of carbonyl (C=O) groups excluding carboxylic acids is 1. The zero-order valence-electron chi connectivity index (χ0n) is 14.8. The summed E-state index contributed by atoms with van der Waals surface area (Å²) in [5.41, 5.74) is -0.789. The topological polar surface area (TPSA) is 76.3 Å². The standard InChI is InChI=1S/C17H26N4O3/c1-11(2)9-21-13(18-17(15(21)23)7-5-6-8-17)12-10-19(3)16(24)20(4)14(12)22/h10-11,13,18H,5-9H2,1-4H3/t13-/m0/s1. The van der Waals surface area contributed by atoms with Crippen LogP contribution in [-0.2, 0) is 18.9 Å². The highest BCUT2D eigenvalue weighted by Crippen LogP contribution is 2.40. The summed E-state index contributed by atoms with van der Waals surface area (Å²) in [5.74, 6) is 0.390. The summed E-state index contributed by atoms with van der Waals surface area (Å²) in [6, 6.07) is 0. The fourth-order valence-corrected chi connectivity index (χ4v) is 3.98. The maximum absolute atomic E-state index is 13.1. The van der Waals surface area contributed by atoms with E-state index in [0.717, 1.165) is 30.3 Å².